The minimum absolute atomic E-state index is 0.0364. The van der Waals surface area contributed by atoms with E-state index in [-0.39, 0.29) is 18.4 Å². The summed E-state index contributed by atoms with van der Waals surface area (Å²) in [6, 6.07) is 0. The molecule has 1 heterocycles. The van der Waals surface area contributed by atoms with Gasteiger partial charge in [-0.25, -0.2) is 0 Å². The zero-order chi connectivity index (χ0) is 13.0. The number of nitrogens with zero attached hydrogens (tertiary/aromatic N) is 1. The number of aliphatic carboxylic acids is 1. The Balaban J connectivity index is 1.68. The van der Waals surface area contributed by atoms with Crippen molar-refractivity contribution in [2.45, 2.75) is 57.5 Å². The molecular weight excluding hydrogens is 237 g/mol. The summed E-state index contributed by atoms with van der Waals surface area (Å²) in [6.45, 7) is 0.305. The van der Waals surface area contributed by atoms with Gasteiger partial charge in [0.1, 0.15) is 0 Å². The molecule has 1 N–H and O–H groups in total. The number of alkyl halides is 1. The minimum Gasteiger partial charge on any atom is -0.481 e. The molecular formula is C13H22FNO3. The number of hydrogen-bond acceptors (Lipinski definition) is 3. The van der Waals surface area contributed by atoms with Crippen molar-refractivity contribution in [2.24, 2.45) is 5.92 Å². The van der Waals surface area contributed by atoms with Crippen molar-refractivity contribution in [3.8, 4) is 0 Å². The summed E-state index contributed by atoms with van der Waals surface area (Å²) in [5, 5.41) is 8.72. The van der Waals surface area contributed by atoms with Gasteiger partial charge in [-0.2, -0.15) is 4.39 Å². The third-order valence-corrected chi connectivity index (χ3v) is 3.99. The summed E-state index contributed by atoms with van der Waals surface area (Å²) in [5.74, 6) is -0.494. The van der Waals surface area contributed by atoms with Crippen LogP contribution in [0.25, 0.3) is 0 Å². The van der Waals surface area contributed by atoms with Gasteiger partial charge in [0, 0.05) is 19.5 Å². The number of likely N-dealkylation sites (tertiary alicyclic amines) is 1. The second kappa shape index (κ2) is 6.48. The number of hydrogen-bond donors (Lipinski definition) is 1. The third-order valence-electron chi connectivity index (χ3n) is 3.99. The summed E-state index contributed by atoms with van der Waals surface area (Å²) < 4.78 is 19.2. The summed E-state index contributed by atoms with van der Waals surface area (Å²) in [5.41, 5.74) is 0. The molecule has 2 rings (SSSR count). The number of ether oxygens (including phenoxy) is 1. The SMILES string of the molecule is O=C(O)CC1CCC(OC(F)N2CCCC2)CC1. The first-order valence-corrected chi connectivity index (χ1v) is 6.90. The highest BCUT2D eigenvalue weighted by molar-refractivity contribution is 5.67. The van der Waals surface area contributed by atoms with Gasteiger partial charge in [-0.15, -0.1) is 0 Å². The van der Waals surface area contributed by atoms with Crippen LogP contribution in [0.1, 0.15) is 44.9 Å². The molecule has 5 heteroatoms. The number of carbonyl (C=O) groups is 1. The first-order valence-electron chi connectivity index (χ1n) is 6.90. The molecule has 0 aromatic rings. The van der Waals surface area contributed by atoms with E-state index in [1.165, 1.54) is 0 Å². The van der Waals surface area contributed by atoms with E-state index >= 15 is 0 Å². The zero-order valence-corrected chi connectivity index (χ0v) is 10.7. The fourth-order valence-corrected chi connectivity index (χ4v) is 2.91. The van der Waals surface area contributed by atoms with Gasteiger partial charge in [0.2, 0.25) is 0 Å². The number of rotatable bonds is 5. The molecule has 0 aromatic carbocycles. The predicted molar refractivity (Wildman–Crippen MR) is 64.8 cm³/mol. The van der Waals surface area contributed by atoms with Crippen LogP contribution < -0.4 is 0 Å². The Labute approximate surface area is 107 Å². The maximum absolute atomic E-state index is 13.8. The van der Waals surface area contributed by atoms with Gasteiger partial charge in [-0.1, -0.05) is 0 Å². The normalized spacial score (nSPS) is 31.4. The van der Waals surface area contributed by atoms with Crippen molar-refractivity contribution in [1.82, 2.24) is 4.90 Å². The topological polar surface area (TPSA) is 49.8 Å². The lowest BCUT2D eigenvalue weighted by Gasteiger charge is -2.31. The lowest BCUT2D eigenvalue weighted by molar-refractivity contribution is -0.175. The van der Waals surface area contributed by atoms with E-state index < -0.39 is 12.5 Å². The minimum atomic E-state index is -1.27. The monoisotopic (exact) mass is 259 g/mol. The van der Waals surface area contributed by atoms with E-state index in [0.29, 0.717) is 0 Å². The smallest absolute Gasteiger partial charge is 0.303 e. The van der Waals surface area contributed by atoms with Crippen molar-refractivity contribution >= 4 is 5.97 Å². The molecule has 0 radical (unpaired) electrons. The molecule has 1 aliphatic carbocycles. The molecule has 4 nitrogen and oxygen atoms in total. The molecule has 0 aromatic heterocycles. The standard InChI is InChI=1S/C13H22FNO3/c14-13(15-7-1-2-8-15)18-11-5-3-10(4-6-11)9-12(16)17/h10-11,13H,1-9H2,(H,16,17). The van der Waals surface area contributed by atoms with Crippen LogP contribution >= 0.6 is 0 Å². The average molecular weight is 259 g/mol. The van der Waals surface area contributed by atoms with Crippen LogP contribution in [0, 0.1) is 5.92 Å². The van der Waals surface area contributed by atoms with E-state index in [2.05, 4.69) is 0 Å². The Bertz CT molecular complexity index is 273. The molecule has 1 aliphatic heterocycles. The fourth-order valence-electron chi connectivity index (χ4n) is 2.91. The van der Waals surface area contributed by atoms with E-state index in [1.807, 2.05) is 0 Å². The molecule has 2 fully saturated rings. The molecule has 104 valence electrons. The molecule has 1 unspecified atom stereocenters. The zero-order valence-electron chi connectivity index (χ0n) is 10.7. The van der Waals surface area contributed by atoms with Crippen molar-refractivity contribution in [3.05, 3.63) is 0 Å². The van der Waals surface area contributed by atoms with Crippen LogP contribution in [0.3, 0.4) is 0 Å². The Kier molecular flexibility index (Phi) is 4.95. The maximum atomic E-state index is 13.8. The molecule has 0 spiro atoms. The molecule has 2 aliphatic rings. The van der Waals surface area contributed by atoms with Gasteiger partial charge >= 0.3 is 5.97 Å². The summed E-state index contributed by atoms with van der Waals surface area (Å²) in [7, 11) is 0. The first kappa shape index (κ1) is 13.7. The van der Waals surface area contributed by atoms with Crippen LogP contribution in [0.15, 0.2) is 0 Å². The van der Waals surface area contributed by atoms with E-state index in [4.69, 9.17) is 9.84 Å². The molecule has 1 saturated carbocycles. The fraction of sp³-hybridized carbons (Fsp3) is 0.923. The highest BCUT2D eigenvalue weighted by Crippen LogP contribution is 2.30. The van der Waals surface area contributed by atoms with Gasteiger partial charge in [0.15, 0.2) is 0 Å². The molecule has 1 atom stereocenters. The largest absolute Gasteiger partial charge is 0.481 e. The summed E-state index contributed by atoms with van der Waals surface area (Å²) in [4.78, 5) is 12.3. The van der Waals surface area contributed by atoms with Crippen LogP contribution in [-0.2, 0) is 9.53 Å². The van der Waals surface area contributed by atoms with Crippen LogP contribution in [0.5, 0.6) is 0 Å². The average Bonchev–Trinajstić information content (AvgIpc) is 2.84. The highest BCUT2D eigenvalue weighted by atomic mass is 19.1. The second-order valence-corrected chi connectivity index (χ2v) is 5.41. The summed E-state index contributed by atoms with van der Waals surface area (Å²) >= 11 is 0. The van der Waals surface area contributed by atoms with Crippen LogP contribution in [-0.4, -0.2) is 41.7 Å². The highest BCUT2D eigenvalue weighted by Gasteiger charge is 2.28. The molecule has 1 saturated heterocycles. The Morgan fingerprint density at radius 2 is 1.89 bits per heavy atom. The molecule has 18 heavy (non-hydrogen) atoms. The Hall–Kier alpha value is -0.680. The Morgan fingerprint density at radius 1 is 1.28 bits per heavy atom. The third kappa shape index (κ3) is 3.92. The van der Waals surface area contributed by atoms with Gasteiger partial charge in [0.05, 0.1) is 6.10 Å². The van der Waals surface area contributed by atoms with Gasteiger partial charge in [-0.05, 0) is 44.4 Å². The molecule has 0 amide bonds. The number of carboxylic acid groups (broad SMARTS) is 1. The van der Waals surface area contributed by atoms with E-state index in [9.17, 15) is 9.18 Å². The maximum Gasteiger partial charge on any atom is 0.303 e. The van der Waals surface area contributed by atoms with Crippen molar-refractivity contribution in [3.63, 3.8) is 0 Å². The summed E-state index contributed by atoms with van der Waals surface area (Å²) in [6.07, 6.45) is 5.54. The number of carboxylic acids is 1. The molecule has 0 bridgehead atoms. The van der Waals surface area contributed by atoms with Crippen molar-refractivity contribution in [1.29, 1.82) is 0 Å². The van der Waals surface area contributed by atoms with E-state index in [0.717, 1.165) is 51.6 Å². The van der Waals surface area contributed by atoms with Crippen molar-refractivity contribution < 1.29 is 19.0 Å². The number of halogens is 1. The lowest BCUT2D eigenvalue weighted by Crippen LogP contribution is -2.36. The van der Waals surface area contributed by atoms with Crippen molar-refractivity contribution in [2.75, 3.05) is 13.1 Å². The van der Waals surface area contributed by atoms with Crippen LogP contribution in [0.4, 0.5) is 4.39 Å². The second-order valence-electron chi connectivity index (χ2n) is 5.41. The van der Waals surface area contributed by atoms with Gasteiger partial charge in [-0.3, -0.25) is 9.69 Å². The van der Waals surface area contributed by atoms with E-state index in [1.54, 1.807) is 4.90 Å². The Morgan fingerprint density at radius 3 is 2.44 bits per heavy atom. The van der Waals surface area contributed by atoms with Gasteiger partial charge < -0.3 is 9.84 Å². The van der Waals surface area contributed by atoms with Crippen LogP contribution in [0.2, 0.25) is 0 Å². The predicted octanol–water partition coefficient (Wildman–Crippen LogP) is 2.39. The first-order chi connectivity index (χ1) is 8.65. The van der Waals surface area contributed by atoms with Gasteiger partial charge in [0.25, 0.3) is 6.48 Å². The lowest BCUT2D eigenvalue weighted by atomic mass is 9.85. The quantitative estimate of drug-likeness (QED) is 0.770.